The molecule has 0 fully saturated rings. The molecule has 0 aliphatic heterocycles. The van der Waals surface area contributed by atoms with Crippen LogP contribution in [-0.2, 0) is 6.54 Å². The normalized spacial score (nSPS) is 11.8. The van der Waals surface area contributed by atoms with Crippen molar-refractivity contribution in [3.8, 4) is 5.75 Å². The molecule has 2 aromatic rings. The number of aryl methyl sites for hydroxylation is 1. The minimum absolute atomic E-state index is 0.584. The predicted octanol–water partition coefficient (Wildman–Crippen LogP) is 3.16. The van der Waals surface area contributed by atoms with E-state index in [4.69, 9.17) is 4.43 Å². The Kier molecular flexibility index (Phi) is 5.22. The van der Waals surface area contributed by atoms with Crippen molar-refractivity contribution in [3.05, 3.63) is 53.6 Å². The van der Waals surface area contributed by atoms with Crippen LogP contribution in [-0.4, -0.2) is 24.7 Å². The quantitative estimate of drug-likeness (QED) is 0.629. The molecule has 0 radical (unpaired) electrons. The Labute approximate surface area is 127 Å². The van der Waals surface area contributed by atoms with Crippen molar-refractivity contribution >= 4 is 14.8 Å². The third-order valence-electron chi connectivity index (χ3n) is 2.93. The first-order valence-corrected chi connectivity index (χ1v) is 9.89. The maximum atomic E-state index is 5.94. The van der Waals surface area contributed by atoms with E-state index in [1.165, 1.54) is 0 Å². The second-order valence-electron chi connectivity index (χ2n) is 5.26. The molecular weight excluding hydrogens is 278 g/mol. The fraction of sp³-hybridized carbons (Fsp3) is 0.312. The Morgan fingerprint density at radius 3 is 2.52 bits per heavy atom. The van der Waals surface area contributed by atoms with Gasteiger partial charge in [0, 0.05) is 18.0 Å². The van der Waals surface area contributed by atoms with Crippen LogP contribution >= 0.6 is 0 Å². The summed E-state index contributed by atoms with van der Waals surface area (Å²) in [7, 11) is -1.11. The molecule has 0 saturated carbocycles. The number of hydrogen-bond acceptors (Lipinski definition) is 4. The van der Waals surface area contributed by atoms with Crippen LogP contribution in [0.25, 0.3) is 0 Å². The minimum Gasteiger partial charge on any atom is -0.547 e. The van der Waals surface area contributed by atoms with Crippen LogP contribution in [0.4, 0.5) is 0 Å². The van der Waals surface area contributed by atoms with Gasteiger partial charge in [-0.25, -0.2) is 9.97 Å². The highest BCUT2D eigenvalue weighted by Gasteiger charge is 2.06. The number of aromatic nitrogens is 2. The van der Waals surface area contributed by atoms with Gasteiger partial charge in [-0.15, -0.1) is 0 Å². The number of nitrogens with zero attached hydrogens (tertiary/aromatic N) is 3. The topological polar surface area (TPSA) is 47.4 Å². The van der Waals surface area contributed by atoms with E-state index in [2.05, 4.69) is 34.1 Å². The first-order valence-electron chi connectivity index (χ1n) is 7.11. The Bertz CT molecular complexity index is 624. The standard InChI is InChI=1S/C16H21N3OSi/c1-12-9-18-16(19-10-12)13(2)17-11-14-7-5-6-8-15(14)20-21(3)4/h5-10,21H,11H2,1-4H3. The molecule has 110 valence electrons. The highest BCUT2D eigenvalue weighted by atomic mass is 28.3. The SMILES string of the molecule is CC(=NCc1ccccc1O[SiH](C)C)c1ncc(C)cn1. The van der Waals surface area contributed by atoms with E-state index in [1.54, 1.807) is 0 Å². The zero-order valence-corrected chi connectivity index (χ0v) is 14.2. The van der Waals surface area contributed by atoms with Crippen LogP contribution in [0, 0.1) is 6.92 Å². The largest absolute Gasteiger partial charge is 0.547 e. The number of aliphatic imine (C=N–C) groups is 1. The molecule has 1 aromatic heterocycles. The van der Waals surface area contributed by atoms with E-state index in [0.717, 1.165) is 22.6 Å². The molecule has 0 amide bonds. The van der Waals surface area contributed by atoms with Crippen molar-refractivity contribution < 1.29 is 4.43 Å². The monoisotopic (exact) mass is 299 g/mol. The van der Waals surface area contributed by atoms with Gasteiger partial charge < -0.3 is 4.43 Å². The Morgan fingerprint density at radius 1 is 1.19 bits per heavy atom. The van der Waals surface area contributed by atoms with Gasteiger partial charge in [-0.3, -0.25) is 4.99 Å². The maximum Gasteiger partial charge on any atom is 0.229 e. The molecule has 2 rings (SSSR count). The van der Waals surface area contributed by atoms with Gasteiger partial charge in [0.05, 0.1) is 12.3 Å². The van der Waals surface area contributed by atoms with Gasteiger partial charge >= 0.3 is 0 Å². The number of hydrogen-bond donors (Lipinski definition) is 0. The summed E-state index contributed by atoms with van der Waals surface area (Å²) in [4.78, 5) is 13.2. The van der Waals surface area contributed by atoms with Crippen molar-refractivity contribution in [1.82, 2.24) is 9.97 Å². The fourth-order valence-corrected chi connectivity index (χ4v) is 2.60. The van der Waals surface area contributed by atoms with Crippen molar-refractivity contribution in [2.45, 2.75) is 33.5 Å². The van der Waals surface area contributed by atoms with Crippen molar-refractivity contribution in [3.63, 3.8) is 0 Å². The highest BCUT2D eigenvalue weighted by Crippen LogP contribution is 2.19. The highest BCUT2D eigenvalue weighted by molar-refractivity contribution is 6.49. The Morgan fingerprint density at radius 2 is 1.86 bits per heavy atom. The molecular formula is C16H21N3OSi. The summed E-state index contributed by atoms with van der Waals surface area (Å²) in [5.74, 6) is 1.62. The molecule has 0 bridgehead atoms. The molecule has 0 aliphatic carbocycles. The van der Waals surface area contributed by atoms with Crippen molar-refractivity contribution in [2.24, 2.45) is 4.99 Å². The number of benzene rings is 1. The molecule has 4 nitrogen and oxygen atoms in total. The smallest absolute Gasteiger partial charge is 0.229 e. The second-order valence-corrected chi connectivity index (χ2v) is 7.59. The van der Waals surface area contributed by atoms with Gasteiger partial charge in [-0.2, -0.15) is 0 Å². The van der Waals surface area contributed by atoms with Crippen LogP contribution < -0.4 is 4.43 Å². The van der Waals surface area contributed by atoms with Crippen LogP contribution in [0.1, 0.15) is 23.9 Å². The van der Waals surface area contributed by atoms with Crippen LogP contribution in [0.15, 0.2) is 41.7 Å². The van der Waals surface area contributed by atoms with E-state index in [1.807, 2.05) is 44.4 Å². The average molecular weight is 299 g/mol. The van der Waals surface area contributed by atoms with E-state index < -0.39 is 9.04 Å². The predicted molar refractivity (Wildman–Crippen MR) is 88.6 cm³/mol. The lowest BCUT2D eigenvalue weighted by Crippen LogP contribution is -2.12. The zero-order valence-electron chi connectivity index (χ0n) is 13.0. The summed E-state index contributed by atoms with van der Waals surface area (Å²) in [5, 5.41) is 0. The maximum absolute atomic E-state index is 5.94. The molecule has 1 aromatic carbocycles. The van der Waals surface area contributed by atoms with Crippen LogP contribution in [0.5, 0.6) is 5.75 Å². The molecule has 0 N–H and O–H groups in total. The van der Waals surface area contributed by atoms with Gasteiger partial charge in [0.25, 0.3) is 0 Å². The molecule has 0 unspecified atom stereocenters. The fourth-order valence-electron chi connectivity index (χ4n) is 1.86. The first-order chi connectivity index (χ1) is 10.1. The summed E-state index contributed by atoms with van der Waals surface area (Å²) in [5.41, 5.74) is 2.99. The molecule has 21 heavy (non-hydrogen) atoms. The van der Waals surface area contributed by atoms with E-state index in [-0.39, 0.29) is 0 Å². The lowest BCUT2D eigenvalue weighted by atomic mass is 10.2. The molecule has 0 spiro atoms. The Balaban J connectivity index is 2.14. The summed E-state index contributed by atoms with van der Waals surface area (Å²) >= 11 is 0. The lowest BCUT2D eigenvalue weighted by Gasteiger charge is -2.13. The average Bonchev–Trinajstić information content (AvgIpc) is 2.46. The van der Waals surface area contributed by atoms with Gasteiger partial charge in [0.1, 0.15) is 5.75 Å². The van der Waals surface area contributed by atoms with Crippen molar-refractivity contribution in [2.75, 3.05) is 0 Å². The minimum atomic E-state index is -1.11. The Hall–Kier alpha value is -2.01. The van der Waals surface area contributed by atoms with Gasteiger partial charge in [-0.05, 0) is 38.6 Å². The summed E-state index contributed by atoms with van der Waals surface area (Å²) in [6, 6.07) is 8.07. The second kappa shape index (κ2) is 7.13. The molecule has 1 heterocycles. The summed E-state index contributed by atoms with van der Waals surface area (Å²) < 4.78 is 5.94. The van der Waals surface area contributed by atoms with Crippen LogP contribution in [0.2, 0.25) is 13.1 Å². The first kappa shape index (κ1) is 15.4. The summed E-state index contributed by atoms with van der Waals surface area (Å²) in [6.07, 6.45) is 3.62. The van der Waals surface area contributed by atoms with Gasteiger partial charge in [-0.1, -0.05) is 18.2 Å². The zero-order chi connectivity index (χ0) is 15.2. The van der Waals surface area contributed by atoms with Gasteiger partial charge in [0.15, 0.2) is 5.82 Å². The number of para-hydroxylation sites is 1. The number of rotatable bonds is 5. The third kappa shape index (κ3) is 4.49. The van der Waals surface area contributed by atoms with Crippen LogP contribution in [0.3, 0.4) is 0 Å². The molecule has 0 atom stereocenters. The molecule has 0 aliphatic rings. The molecule has 5 heteroatoms. The summed E-state index contributed by atoms with van der Waals surface area (Å²) in [6.45, 7) is 8.81. The van der Waals surface area contributed by atoms with E-state index >= 15 is 0 Å². The lowest BCUT2D eigenvalue weighted by molar-refractivity contribution is 0.571. The van der Waals surface area contributed by atoms with Crippen molar-refractivity contribution in [1.29, 1.82) is 0 Å². The third-order valence-corrected chi connectivity index (χ3v) is 3.65. The van der Waals surface area contributed by atoms with E-state index in [0.29, 0.717) is 12.4 Å². The molecule has 0 saturated heterocycles. The van der Waals surface area contributed by atoms with E-state index in [9.17, 15) is 0 Å². The van der Waals surface area contributed by atoms with Gasteiger partial charge in [0.2, 0.25) is 9.04 Å².